The molecule has 2 heterocycles. The molecule has 1 saturated heterocycles. The standard InChI is InChI=1S/C13H16N2O4/c16-11(17)13(12(18)19)3-6-15(7-4-13)9-10-2-1-5-14-8-10/h1-2,5,8H,3-4,6-7,9H2,(H,16,17)(H,18,19). The van der Waals surface area contributed by atoms with Gasteiger partial charge in [-0.1, -0.05) is 6.07 Å². The van der Waals surface area contributed by atoms with Crippen LogP contribution in [0, 0.1) is 5.41 Å². The van der Waals surface area contributed by atoms with Crippen LogP contribution in [0.4, 0.5) is 0 Å². The van der Waals surface area contributed by atoms with Gasteiger partial charge in [-0.15, -0.1) is 0 Å². The third-order valence-corrected chi connectivity index (χ3v) is 3.66. The van der Waals surface area contributed by atoms with Crippen molar-refractivity contribution < 1.29 is 19.8 Å². The topological polar surface area (TPSA) is 90.7 Å². The number of aliphatic carboxylic acids is 2. The fraction of sp³-hybridized carbons (Fsp3) is 0.462. The van der Waals surface area contributed by atoms with Crippen molar-refractivity contribution >= 4 is 11.9 Å². The molecular weight excluding hydrogens is 248 g/mol. The van der Waals surface area contributed by atoms with Gasteiger partial charge in [-0.2, -0.15) is 0 Å². The van der Waals surface area contributed by atoms with Gasteiger partial charge in [0.25, 0.3) is 0 Å². The SMILES string of the molecule is O=C(O)C1(C(=O)O)CCN(Cc2cccnc2)CC1. The zero-order valence-electron chi connectivity index (χ0n) is 10.5. The monoisotopic (exact) mass is 264 g/mol. The lowest BCUT2D eigenvalue weighted by Gasteiger charge is -2.35. The van der Waals surface area contributed by atoms with Gasteiger partial charge in [0, 0.05) is 32.0 Å². The molecule has 0 unspecified atom stereocenters. The summed E-state index contributed by atoms with van der Waals surface area (Å²) in [4.78, 5) is 28.4. The van der Waals surface area contributed by atoms with E-state index < -0.39 is 17.4 Å². The zero-order valence-corrected chi connectivity index (χ0v) is 10.5. The predicted octanol–water partition coefficient (Wildman–Crippen LogP) is 0.833. The number of hydrogen-bond donors (Lipinski definition) is 2. The van der Waals surface area contributed by atoms with Crippen LogP contribution in [0.3, 0.4) is 0 Å². The average molecular weight is 264 g/mol. The van der Waals surface area contributed by atoms with Gasteiger partial charge in [-0.05, 0) is 24.5 Å². The van der Waals surface area contributed by atoms with Crippen molar-refractivity contribution in [2.45, 2.75) is 19.4 Å². The first-order chi connectivity index (χ1) is 9.04. The molecule has 2 rings (SSSR count). The number of likely N-dealkylation sites (tertiary alicyclic amines) is 1. The third-order valence-electron chi connectivity index (χ3n) is 3.66. The molecule has 1 fully saturated rings. The molecule has 0 bridgehead atoms. The van der Waals surface area contributed by atoms with E-state index >= 15 is 0 Å². The molecule has 1 aliphatic rings. The van der Waals surface area contributed by atoms with Gasteiger partial charge >= 0.3 is 11.9 Å². The second-order valence-electron chi connectivity index (χ2n) is 4.83. The van der Waals surface area contributed by atoms with Gasteiger partial charge in [0.2, 0.25) is 0 Å². The van der Waals surface area contributed by atoms with Crippen molar-refractivity contribution in [3.05, 3.63) is 30.1 Å². The Hall–Kier alpha value is -1.95. The summed E-state index contributed by atoms with van der Waals surface area (Å²) in [6.45, 7) is 1.60. The zero-order chi connectivity index (χ0) is 13.9. The van der Waals surface area contributed by atoms with E-state index in [-0.39, 0.29) is 12.8 Å². The summed E-state index contributed by atoms with van der Waals surface area (Å²) in [5.74, 6) is -2.47. The number of piperidine rings is 1. The molecule has 0 aliphatic carbocycles. The van der Waals surface area contributed by atoms with Gasteiger partial charge in [0.15, 0.2) is 5.41 Å². The average Bonchev–Trinajstić information content (AvgIpc) is 2.40. The van der Waals surface area contributed by atoms with E-state index in [4.69, 9.17) is 10.2 Å². The number of hydrogen-bond acceptors (Lipinski definition) is 4. The van der Waals surface area contributed by atoms with Gasteiger partial charge in [0.1, 0.15) is 0 Å². The lowest BCUT2D eigenvalue weighted by molar-refractivity contribution is -0.168. The number of carbonyl (C=O) groups is 2. The van der Waals surface area contributed by atoms with Crippen LogP contribution in [0.15, 0.2) is 24.5 Å². The fourth-order valence-corrected chi connectivity index (χ4v) is 2.36. The highest BCUT2D eigenvalue weighted by Gasteiger charge is 2.48. The Morgan fingerprint density at radius 1 is 1.26 bits per heavy atom. The third kappa shape index (κ3) is 2.73. The number of nitrogens with zero attached hydrogens (tertiary/aromatic N) is 2. The van der Waals surface area contributed by atoms with Crippen LogP contribution in [0.25, 0.3) is 0 Å². The van der Waals surface area contributed by atoms with Crippen LogP contribution in [-0.4, -0.2) is 45.1 Å². The van der Waals surface area contributed by atoms with Crippen molar-refractivity contribution in [2.24, 2.45) is 5.41 Å². The maximum atomic E-state index is 11.2. The van der Waals surface area contributed by atoms with E-state index in [0.717, 1.165) is 5.56 Å². The van der Waals surface area contributed by atoms with E-state index in [1.165, 1.54) is 0 Å². The van der Waals surface area contributed by atoms with Crippen LogP contribution in [0.2, 0.25) is 0 Å². The van der Waals surface area contributed by atoms with Gasteiger partial charge in [0.05, 0.1) is 0 Å². The highest BCUT2D eigenvalue weighted by Crippen LogP contribution is 2.32. The van der Waals surface area contributed by atoms with Crippen LogP contribution in [0.5, 0.6) is 0 Å². The first-order valence-electron chi connectivity index (χ1n) is 6.13. The lowest BCUT2D eigenvalue weighted by atomic mass is 9.78. The Labute approximate surface area is 110 Å². The smallest absolute Gasteiger partial charge is 0.321 e. The summed E-state index contributed by atoms with van der Waals surface area (Å²) < 4.78 is 0. The van der Waals surface area contributed by atoms with Gasteiger partial charge in [-0.25, -0.2) is 0 Å². The van der Waals surface area contributed by atoms with E-state index in [1.807, 2.05) is 12.1 Å². The van der Waals surface area contributed by atoms with E-state index in [2.05, 4.69) is 9.88 Å². The Kier molecular flexibility index (Phi) is 3.80. The minimum absolute atomic E-state index is 0.137. The summed E-state index contributed by atoms with van der Waals surface area (Å²) in [6.07, 6.45) is 3.73. The van der Waals surface area contributed by atoms with Crippen LogP contribution < -0.4 is 0 Å². The lowest BCUT2D eigenvalue weighted by Crippen LogP contribution is -2.48. The number of pyridine rings is 1. The summed E-state index contributed by atoms with van der Waals surface area (Å²) in [5, 5.41) is 18.3. The molecular formula is C13H16N2O4. The quantitative estimate of drug-likeness (QED) is 0.783. The summed E-state index contributed by atoms with van der Waals surface area (Å²) >= 11 is 0. The Morgan fingerprint density at radius 2 is 1.89 bits per heavy atom. The van der Waals surface area contributed by atoms with Crippen molar-refractivity contribution in [2.75, 3.05) is 13.1 Å². The van der Waals surface area contributed by atoms with Crippen LogP contribution in [0.1, 0.15) is 18.4 Å². The summed E-state index contributed by atoms with van der Waals surface area (Å²) in [6, 6.07) is 3.79. The Bertz CT molecular complexity index is 451. The highest BCUT2D eigenvalue weighted by molar-refractivity contribution is 5.98. The van der Waals surface area contributed by atoms with Crippen LogP contribution in [-0.2, 0) is 16.1 Å². The molecule has 6 nitrogen and oxygen atoms in total. The molecule has 6 heteroatoms. The Morgan fingerprint density at radius 3 is 2.37 bits per heavy atom. The van der Waals surface area contributed by atoms with Crippen LogP contribution >= 0.6 is 0 Å². The second kappa shape index (κ2) is 5.36. The van der Waals surface area contributed by atoms with Crippen molar-refractivity contribution in [1.29, 1.82) is 0 Å². The second-order valence-corrected chi connectivity index (χ2v) is 4.83. The number of carboxylic acid groups (broad SMARTS) is 2. The maximum absolute atomic E-state index is 11.2. The van der Waals surface area contributed by atoms with Crippen molar-refractivity contribution in [3.63, 3.8) is 0 Å². The Balaban J connectivity index is 1.99. The summed E-state index contributed by atoms with van der Waals surface area (Å²) in [5.41, 5.74) is -0.577. The van der Waals surface area contributed by atoms with E-state index in [9.17, 15) is 9.59 Å². The largest absolute Gasteiger partial charge is 0.480 e. The normalized spacial score (nSPS) is 18.9. The molecule has 1 aromatic heterocycles. The van der Waals surface area contributed by atoms with E-state index in [0.29, 0.717) is 19.6 Å². The first-order valence-corrected chi connectivity index (χ1v) is 6.13. The number of carboxylic acids is 2. The molecule has 0 amide bonds. The molecule has 19 heavy (non-hydrogen) atoms. The molecule has 0 radical (unpaired) electrons. The molecule has 1 aliphatic heterocycles. The minimum atomic E-state index is -1.62. The molecule has 0 atom stereocenters. The maximum Gasteiger partial charge on any atom is 0.321 e. The predicted molar refractivity (Wildman–Crippen MR) is 66.5 cm³/mol. The number of rotatable bonds is 4. The fourth-order valence-electron chi connectivity index (χ4n) is 2.36. The van der Waals surface area contributed by atoms with Gasteiger partial charge in [-0.3, -0.25) is 19.5 Å². The molecule has 0 saturated carbocycles. The highest BCUT2D eigenvalue weighted by atomic mass is 16.4. The summed E-state index contributed by atoms with van der Waals surface area (Å²) in [7, 11) is 0. The first kappa shape index (κ1) is 13.5. The minimum Gasteiger partial charge on any atom is -0.480 e. The molecule has 0 spiro atoms. The van der Waals surface area contributed by atoms with Crippen molar-refractivity contribution in [3.8, 4) is 0 Å². The molecule has 0 aromatic carbocycles. The molecule has 2 N–H and O–H groups in total. The van der Waals surface area contributed by atoms with Crippen molar-refractivity contribution in [1.82, 2.24) is 9.88 Å². The molecule has 102 valence electrons. The number of aromatic nitrogens is 1. The molecule has 1 aromatic rings. The van der Waals surface area contributed by atoms with E-state index in [1.54, 1.807) is 12.4 Å². The van der Waals surface area contributed by atoms with Gasteiger partial charge < -0.3 is 10.2 Å².